The van der Waals surface area contributed by atoms with Gasteiger partial charge in [-0.3, -0.25) is 0 Å². The largest absolute Gasteiger partial charge is 0.351 e. The number of hydrogen-bond donors (Lipinski definition) is 0. The van der Waals surface area contributed by atoms with Gasteiger partial charge in [0.05, 0.1) is 23.5 Å². The topological polar surface area (TPSA) is 52.8 Å². The maximum absolute atomic E-state index is 9.85. The number of fused-ring (bicyclic) bond motifs is 1. The average molecular weight is 328 g/mol. The summed E-state index contributed by atoms with van der Waals surface area (Å²) in [4.78, 5) is 11.3. The van der Waals surface area contributed by atoms with Gasteiger partial charge in [-0.15, -0.1) is 0 Å². The number of benzene rings is 2. The van der Waals surface area contributed by atoms with Crippen LogP contribution in [-0.2, 0) is 0 Å². The quantitative estimate of drug-likeness (QED) is 0.722. The van der Waals surface area contributed by atoms with E-state index in [0.717, 1.165) is 41.7 Å². The van der Waals surface area contributed by atoms with Gasteiger partial charge in [-0.2, -0.15) is 5.26 Å². The van der Waals surface area contributed by atoms with E-state index in [4.69, 9.17) is 0 Å². The minimum absolute atomic E-state index is 0.144. The second-order valence-corrected chi connectivity index (χ2v) is 6.64. The molecule has 4 rings (SSSR count). The molecule has 1 aliphatic rings. The summed E-state index contributed by atoms with van der Waals surface area (Å²) in [6.45, 7) is 3.01. The van der Waals surface area contributed by atoms with Gasteiger partial charge in [0.1, 0.15) is 12.1 Å². The van der Waals surface area contributed by atoms with Crippen LogP contribution in [0.15, 0.2) is 54.9 Å². The van der Waals surface area contributed by atoms with Gasteiger partial charge < -0.3 is 4.90 Å². The summed E-state index contributed by atoms with van der Waals surface area (Å²) in [5.41, 5.74) is 3.23. The number of nitriles is 1. The number of nitrogens with zero attached hydrogens (tertiary/aromatic N) is 4. The van der Waals surface area contributed by atoms with Crippen LogP contribution in [-0.4, -0.2) is 22.6 Å². The molecule has 0 radical (unpaired) electrons. The molecule has 2 heterocycles. The molecule has 1 aromatic heterocycles. The van der Waals surface area contributed by atoms with E-state index >= 15 is 0 Å². The maximum Gasteiger partial charge on any atom is 0.140 e. The lowest BCUT2D eigenvalue weighted by molar-refractivity contribution is 0.608. The Hall–Kier alpha value is -2.93. The fraction of sp³-hybridized carbons (Fsp3) is 0.286. The molecule has 3 aromatic rings. The van der Waals surface area contributed by atoms with Gasteiger partial charge in [-0.05, 0) is 37.5 Å². The maximum atomic E-state index is 9.85. The third-order valence-electron chi connectivity index (χ3n) is 5.02. The van der Waals surface area contributed by atoms with Crippen molar-refractivity contribution in [2.24, 2.45) is 0 Å². The zero-order valence-electron chi connectivity index (χ0n) is 14.3. The number of hydrogen-bond acceptors (Lipinski definition) is 4. The summed E-state index contributed by atoms with van der Waals surface area (Å²) in [5, 5.41) is 10.9. The van der Waals surface area contributed by atoms with Crippen molar-refractivity contribution in [1.29, 1.82) is 5.26 Å². The van der Waals surface area contributed by atoms with E-state index in [-0.39, 0.29) is 12.0 Å². The molecule has 0 spiro atoms. The molecule has 25 heavy (non-hydrogen) atoms. The fourth-order valence-electron chi connectivity index (χ4n) is 3.83. The van der Waals surface area contributed by atoms with Crippen molar-refractivity contribution in [3.63, 3.8) is 0 Å². The Kier molecular flexibility index (Phi) is 4.07. The standard InChI is InChI=1S/C21H20N4/c1-15-9-10-19-17(12-15)21(24-14-23-19)25-11-5-8-20(25)18(13-22)16-6-3-2-4-7-16/h2-4,6-7,9-10,12,14,18,20H,5,8,11H2,1H3. The van der Waals surface area contributed by atoms with Crippen LogP contribution in [0.5, 0.6) is 0 Å². The highest BCUT2D eigenvalue weighted by Crippen LogP contribution is 2.36. The predicted molar refractivity (Wildman–Crippen MR) is 99.4 cm³/mol. The molecular weight excluding hydrogens is 308 g/mol. The Labute approximate surface area is 147 Å². The van der Waals surface area contributed by atoms with Crippen molar-refractivity contribution in [1.82, 2.24) is 9.97 Å². The van der Waals surface area contributed by atoms with Crippen LogP contribution in [0, 0.1) is 18.3 Å². The minimum atomic E-state index is -0.154. The van der Waals surface area contributed by atoms with Crippen LogP contribution in [0.25, 0.3) is 10.9 Å². The summed E-state index contributed by atoms with van der Waals surface area (Å²) in [6, 6.07) is 19.0. The van der Waals surface area contributed by atoms with Crippen LogP contribution in [0.1, 0.15) is 29.9 Å². The zero-order valence-corrected chi connectivity index (χ0v) is 14.3. The fourth-order valence-corrected chi connectivity index (χ4v) is 3.83. The molecule has 4 heteroatoms. The van der Waals surface area contributed by atoms with E-state index < -0.39 is 0 Å². The monoisotopic (exact) mass is 328 g/mol. The van der Waals surface area contributed by atoms with Gasteiger partial charge in [-0.25, -0.2) is 9.97 Å². The molecule has 2 aromatic carbocycles. The van der Waals surface area contributed by atoms with E-state index in [9.17, 15) is 5.26 Å². The third kappa shape index (κ3) is 2.83. The molecule has 2 atom stereocenters. The van der Waals surface area contributed by atoms with E-state index in [0.29, 0.717) is 0 Å². The second kappa shape index (κ2) is 6.52. The van der Waals surface area contributed by atoms with Crippen molar-refractivity contribution in [3.05, 3.63) is 66.0 Å². The van der Waals surface area contributed by atoms with Crippen LogP contribution in [0.3, 0.4) is 0 Å². The SMILES string of the molecule is Cc1ccc2ncnc(N3CCCC3C(C#N)c3ccccc3)c2c1. The lowest BCUT2D eigenvalue weighted by atomic mass is 9.91. The van der Waals surface area contributed by atoms with Gasteiger partial charge in [0, 0.05) is 11.9 Å². The Balaban J connectivity index is 1.78. The molecule has 0 bridgehead atoms. The highest BCUT2D eigenvalue weighted by Gasteiger charge is 2.34. The number of aromatic nitrogens is 2. The van der Waals surface area contributed by atoms with Crippen molar-refractivity contribution >= 4 is 16.7 Å². The number of aryl methyl sites for hydroxylation is 1. The molecule has 124 valence electrons. The molecule has 1 aliphatic heterocycles. The summed E-state index contributed by atoms with van der Waals surface area (Å²) < 4.78 is 0. The molecule has 1 fully saturated rings. The van der Waals surface area contributed by atoms with Gasteiger partial charge in [0.25, 0.3) is 0 Å². The van der Waals surface area contributed by atoms with Gasteiger partial charge >= 0.3 is 0 Å². The molecule has 0 amide bonds. The summed E-state index contributed by atoms with van der Waals surface area (Å²) in [6.07, 6.45) is 3.71. The molecule has 4 nitrogen and oxygen atoms in total. The Morgan fingerprint density at radius 3 is 2.80 bits per heavy atom. The Bertz CT molecular complexity index is 930. The van der Waals surface area contributed by atoms with E-state index in [1.54, 1.807) is 6.33 Å². The molecule has 1 saturated heterocycles. The van der Waals surface area contributed by atoms with Crippen LogP contribution in [0.4, 0.5) is 5.82 Å². The van der Waals surface area contributed by atoms with Crippen molar-refractivity contribution in [3.8, 4) is 6.07 Å². The van der Waals surface area contributed by atoms with Crippen molar-refractivity contribution in [2.75, 3.05) is 11.4 Å². The summed E-state index contributed by atoms with van der Waals surface area (Å²) >= 11 is 0. The third-order valence-corrected chi connectivity index (χ3v) is 5.02. The van der Waals surface area contributed by atoms with E-state index in [1.807, 2.05) is 36.4 Å². The zero-order chi connectivity index (χ0) is 17.2. The number of anilines is 1. The van der Waals surface area contributed by atoms with Crippen LogP contribution < -0.4 is 4.90 Å². The smallest absolute Gasteiger partial charge is 0.140 e. The molecular formula is C21H20N4. The van der Waals surface area contributed by atoms with Crippen LogP contribution >= 0.6 is 0 Å². The first kappa shape index (κ1) is 15.6. The molecule has 0 saturated carbocycles. The lowest BCUT2D eigenvalue weighted by Crippen LogP contribution is -2.34. The van der Waals surface area contributed by atoms with Gasteiger partial charge in [0.15, 0.2) is 0 Å². The predicted octanol–water partition coefficient (Wildman–Crippen LogP) is 4.21. The van der Waals surface area contributed by atoms with Crippen molar-refractivity contribution < 1.29 is 0 Å². The summed E-state index contributed by atoms with van der Waals surface area (Å²) in [5.74, 6) is 0.797. The van der Waals surface area contributed by atoms with Gasteiger partial charge in [0.2, 0.25) is 0 Å². The molecule has 0 aliphatic carbocycles. The normalized spacial score (nSPS) is 18.2. The first-order valence-corrected chi connectivity index (χ1v) is 8.70. The number of rotatable bonds is 3. The highest BCUT2D eigenvalue weighted by molar-refractivity contribution is 5.90. The highest BCUT2D eigenvalue weighted by atomic mass is 15.2. The van der Waals surface area contributed by atoms with Crippen molar-refractivity contribution in [2.45, 2.75) is 31.7 Å². The first-order chi connectivity index (χ1) is 12.3. The summed E-state index contributed by atoms with van der Waals surface area (Å²) in [7, 11) is 0. The Morgan fingerprint density at radius 1 is 1.16 bits per heavy atom. The average Bonchev–Trinajstić information content (AvgIpc) is 3.12. The molecule has 2 unspecified atom stereocenters. The first-order valence-electron chi connectivity index (χ1n) is 8.70. The van der Waals surface area contributed by atoms with Gasteiger partial charge in [-0.1, -0.05) is 42.0 Å². The van der Waals surface area contributed by atoms with E-state index in [1.165, 1.54) is 5.56 Å². The Morgan fingerprint density at radius 2 is 2.00 bits per heavy atom. The van der Waals surface area contributed by atoms with Crippen LogP contribution in [0.2, 0.25) is 0 Å². The van der Waals surface area contributed by atoms with E-state index in [2.05, 4.69) is 40.0 Å². The lowest BCUT2D eigenvalue weighted by Gasteiger charge is -2.30. The minimum Gasteiger partial charge on any atom is -0.351 e. The second-order valence-electron chi connectivity index (χ2n) is 6.64. The molecule has 0 N–H and O–H groups in total.